The number of ether oxygens (including phenoxy) is 3. The summed E-state index contributed by atoms with van der Waals surface area (Å²) < 4.78 is 17.6. The summed E-state index contributed by atoms with van der Waals surface area (Å²) in [6.07, 6.45) is 1.08. The molecule has 1 aromatic rings. The smallest absolute Gasteiger partial charge is 0.309 e. The molecule has 0 unspecified atom stereocenters. The minimum atomic E-state index is -0.933. The van der Waals surface area contributed by atoms with Crippen LogP contribution in [-0.2, 0) is 11.2 Å². The summed E-state index contributed by atoms with van der Waals surface area (Å²) in [4.78, 5) is 11.4. The molecule has 1 N–H and O–H groups in total. The molecule has 1 aliphatic rings. The SMILES string of the molecule is COc1c(Br)cc2c(c1CC(C)(C)C(=O)O)OCCCO2. The monoisotopic (exact) mass is 358 g/mol. The summed E-state index contributed by atoms with van der Waals surface area (Å²) in [6.45, 7) is 4.48. The second-order valence-electron chi connectivity index (χ2n) is 5.61. The van der Waals surface area contributed by atoms with Crippen molar-refractivity contribution in [3.8, 4) is 17.2 Å². The Bertz CT molecular complexity index is 553. The van der Waals surface area contributed by atoms with Gasteiger partial charge in [-0.15, -0.1) is 0 Å². The molecule has 0 amide bonds. The van der Waals surface area contributed by atoms with Gasteiger partial charge < -0.3 is 19.3 Å². The average molecular weight is 359 g/mol. The molecule has 1 heterocycles. The van der Waals surface area contributed by atoms with Crippen LogP contribution < -0.4 is 14.2 Å². The first-order valence-corrected chi connectivity index (χ1v) is 7.54. The Morgan fingerprint density at radius 3 is 2.71 bits per heavy atom. The summed E-state index contributed by atoms with van der Waals surface area (Å²) >= 11 is 3.45. The molecule has 0 atom stereocenters. The maximum atomic E-state index is 11.4. The molecule has 21 heavy (non-hydrogen) atoms. The van der Waals surface area contributed by atoms with Crippen molar-refractivity contribution in [3.05, 3.63) is 16.1 Å². The van der Waals surface area contributed by atoms with Crippen LogP contribution in [0.3, 0.4) is 0 Å². The van der Waals surface area contributed by atoms with Crippen LogP contribution in [0.4, 0.5) is 0 Å². The minimum Gasteiger partial charge on any atom is -0.495 e. The van der Waals surface area contributed by atoms with Gasteiger partial charge >= 0.3 is 5.97 Å². The van der Waals surface area contributed by atoms with Crippen molar-refractivity contribution in [2.24, 2.45) is 5.41 Å². The Hall–Kier alpha value is -1.43. The standard InChI is InChI=1S/C15H19BrO5/c1-15(2,14(17)18)8-9-12(19-3)10(16)7-11-13(9)21-6-4-5-20-11/h7H,4-6,8H2,1-3H3,(H,17,18). The van der Waals surface area contributed by atoms with Gasteiger partial charge in [0.15, 0.2) is 11.5 Å². The highest BCUT2D eigenvalue weighted by atomic mass is 79.9. The molecular weight excluding hydrogens is 340 g/mol. The van der Waals surface area contributed by atoms with Crippen LogP contribution in [0.2, 0.25) is 0 Å². The van der Waals surface area contributed by atoms with E-state index in [9.17, 15) is 9.90 Å². The van der Waals surface area contributed by atoms with Gasteiger partial charge in [-0.25, -0.2) is 0 Å². The lowest BCUT2D eigenvalue weighted by molar-refractivity contribution is -0.146. The molecule has 0 radical (unpaired) electrons. The molecule has 116 valence electrons. The van der Waals surface area contributed by atoms with Crippen LogP contribution in [0.1, 0.15) is 25.8 Å². The van der Waals surface area contributed by atoms with E-state index in [2.05, 4.69) is 15.9 Å². The zero-order chi connectivity index (χ0) is 15.6. The van der Waals surface area contributed by atoms with Gasteiger partial charge in [0.2, 0.25) is 0 Å². The van der Waals surface area contributed by atoms with Gasteiger partial charge in [-0.2, -0.15) is 0 Å². The molecule has 2 rings (SSSR count). The van der Waals surface area contributed by atoms with E-state index in [4.69, 9.17) is 14.2 Å². The number of benzene rings is 1. The van der Waals surface area contributed by atoms with Crippen LogP contribution in [0.25, 0.3) is 0 Å². The third-order valence-corrected chi connectivity index (χ3v) is 4.03. The number of carboxylic acid groups (broad SMARTS) is 1. The molecule has 0 saturated heterocycles. The lowest BCUT2D eigenvalue weighted by Crippen LogP contribution is -2.26. The largest absolute Gasteiger partial charge is 0.495 e. The maximum absolute atomic E-state index is 11.4. The lowest BCUT2D eigenvalue weighted by Gasteiger charge is -2.24. The van der Waals surface area contributed by atoms with Gasteiger partial charge in [-0.1, -0.05) is 0 Å². The number of carboxylic acids is 1. The first kappa shape index (κ1) is 15.9. The number of methoxy groups -OCH3 is 1. The number of carbonyl (C=O) groups is 1. The van der Waals surface area contributed by atoms with Crippen molar-refractivity contribution >= 4 is 21.9 Å². The number of aliphatic carboxylic acids is 1. The van der Waals surface area contributed by atoms with E-state index < -0.39 is 11.4 Å². The normalized spacial score (nSPS) is 14.5. The highest BCUT2D eigenvalue weighted by Crippen LogP contribution is 2.46. The van der Waals surface area contributed by atoms with Crippen LogP contribution in [0, 0.1) is 5.41 Å². The summed E-state index contributed by atoms with van der Waals surface area (Å²) in [7, 11) is 1.56. The zero-order valence-corrected chi connectivity index (χ0v) is 13.9. The van der Waals surface area contributed by atoms with Crippen molar-refractivity contribution in [1.82, 2.24) is 0 Å². The summed E-state index contributed by atoms with van der Waals surface area (Å²) in [5.41, 5.74) is -0.214. The molecule has 1 aliphatic heterocycles. The molecule has 0 saturated carbocycles. The van der Waals surface area contributed by atoms with Gasteiger partial charge in [0, 0.05) is 18.1 Å². The van der Waals surface area contributed by atoms with E-state index in [-0.39, 0.29) is 6.42 Å². The first-order chi connectivity index (χ1) is 9.86. The molecule has 0 aromatic heterocycles. The van der Waals surface area contributed by atoms with Crippen LogP contribution in [0.5, 0.6) is 17.2 Å². The fraction of sp³-hybridized carbons (Fsp3) is 0.533. The zero-order valence-electron chi connectivity index (χ0n) is 12.4. The lowest BCUT2D eigenvalue weighted by atomic mass is 9.85. The van der Waals surface area contributed by atoms with Crippen molar-refractivity contribution < 1.29 is 24.1 Å². The van der Waals surface area contributed by atoms with Crippen molar-refractivity contribution in [3.63, 3.8) is 0 Å². The first-order valence-electron chi connectivity index (χ1n) is 6.75. The van der Waals surface area contributed by atoms with E-state index in [0.29, 0.717) is 30.5 Å². The molecular formula is C15H19BrO5. The molecule has 1 aromatic carbocycles. The maximum Gasteiger partial charge on any atom is 0.309 e. The summed E-state index contributed by atoms with van der Waals surface area (Å²) in [6, 6.07) is 1.80. The second-order valence-corrected chi connectivity index (χ2v) is 6.47. The van der Waals surface area contributed by atoms with Crippen molar-refractivity contribution in [2.45, 2.75) is 26.7 Å². The number of rotatable bonds is 4. The predicted molar refractivity (Wildman–Crippen MR) is 81.4 cm³/mol. The van der Waals surface area contributed by atoms with Gasteiger partial charge in [-0.3, -0.25) is 4.79 Å². The van der Waals surface area contributed by atoms with Crippen LogP contribution in [0.15, 0.2) is 10.5 Å². The van der Waals surface area contributed by atoms with Gasteiger partial charge in [0.1, 0.15) is 5.75 Å². The highest BCUT2D eigenvalue weighted by Gasteiger charge is 2.33. The number of halogens is 1. The van der Waals surface area contributed by atoms with E-state index in [1.807, 2.05) is 0 Å². The Balaban J connectivity index is 2.55. The molecule has 0 bridgehead atoms. The van der Waals surface area contributed by atoms with E-state index >= 15 is 0 Å². The topological polar surface area (TPSA) is 65.0 Å². The Kier molecular flexibility index (Phi) is 4.66. The third-order valence-electron chi connectivity index (χ3n) is 3.44. The number of hydrogen-bond acceptors (Lipinski definition) is 4. The Morgan fingerprint density at radius 2 is 2.10 bits per heavy atom. The number of fused-ring (bicyclic) bond motifs is 1. The fourth-order valence-electron chi connectivity index (χ4n) is 2.22. The van der Waals surface area contributed by atoms with Crippen molar-refractivity contribution in [1.29, 1.82) is 0 Å². The average Bonchev–Trinajstić information content (AvgIpc) is 2.63. The van der Waals surface area contributed by atoms with Crippen LogP contribution in [-0.4, -0.2) is 31.4 Å². The van der Waals surface area contributed by atoms with Gasteiger partial charge in [-0.05, 0) is 36.2 Å². The number of hydrogen-bond donors (Lipinski definition) is 1. The Labute approximate surface area is 132 Å². The second kappa shape index (κ2) is 6.13. The van der Waals surface area contributed by atoms with E-state index in [1.165, 1.54) is 0 Å². The van der Waals surface area contributed by atoms with Crippen LogP contribution >= 0.6 is 15.9 Å². The molecule has 6 heteroatoms. The predicted octanol–water partition coefficient (Wildman–Crippen LogP) is 3.27. The third kappa shape index (κ3) is 3.26. The van der Waals surface area contributed by atoms with Gasteiger partial charge in [0.25, 0.3) is 0 Å². The van der Waals surface area contributed by atoms with E-state index in [0.717, 1.165) is 16.5 Å². The molecule has 0 aliphatic carbocycles. The minimum absolute atomic E-state index is 0.288. The summed E-state index contributed by atoms with van der Waals surface area (Å²) in [5.74, 6) is 0.930. The molecule has 0 spiro atoms. The van der Waals surface area contributed by atoms with E-state index in [1.54, 1.807) is 27.0 Å². The molecule has 0 fully saturated rings. The van der Waals surface area contributed by atoms with Crippen molar-refractivity contribution in [2.75, 3.05) is 20.3 Å². The highest BCUT2D eigenvalue weighted by molar-refractivity contribution is 9.10. The quantitative estimate of drug-likeness (QED) is 0.894. The Morgan fingerprint density at radius 1 is 1.43 bits per heavy atom. The van der Waals surface area contributed by atoms with Gasteiger partial charge in [0.05, 0.1) is 30.2 Å². The fourth-order valence-corrected chi connectivity index (χ4v) is 2.83. The summed E-state index contributed by atoms with van der Waals surface area (Å²) in [5, 5.41) is 9.37. The molecule has 5 nitrogen and oxygen atoms in total.